The number of hydrogen-bond acceptors (Lipinski definition) is 5. The van der Waals surface area contributed by atoms with Gasteiger partial charge in [0.2, 0.25) is 11.8 Å². The maximum Gasteiger partial charge on any atom is 0.237 e. The van der Waals surface area contributed by atoms with Crippen molar-refractivity contribution in [3.05, 3.63) is 48.0 Å². The van der Waals surface area contributed by atoms with E-state index in [1.165, 1.54) is 16.3 Å². The molecule has 2 fully saturated rings. The van der Waals surface area contributed by atoms with Gasteiger partial charge >= 0.3 is 0 Å². The highest BCUT2D eigenvalue weighted by Gasteiger charge is 2.34. The summed E-state index contributed by atoms with van der Waals surface area (Å²) in [5.74, 6) is -0.00654. The molecule has 0 bridgehead atoms. The Kier molecular flexibility index (Phi) is 7.73. The fraction of sp³-hybridized carbons (Fsp3) is 0.520. The highest BCUT2D eigenvalue weighted by Crippen LogP contribution is 2.23. The molecule has 32 heavy (non-hydrogen) atoms. The van der Waals surface area contributed by atoms with Crippen LogP contribution in [0.15, 0.2) is 42.5 Å². The number of fused-ring (bicyclic) bond motifs is 1. The van der Waals surface area contributed by atoms with E-state index in [0.717, 1.165) is 19.4 Å². The third-order valence-electron chi connectivity index (χ3n) is 6.50. The first-order valence-electron chi connectivity index (χ1n) is 11.5. The Hall–Kier alpha value is -2.48. The van der Waals surface area contributed by atoms with Gasteiger partial charge in [0.15, 0.2) is 0 Å². The van der Waals surface area contributed by atoms with E-state index in [9.17, 15) is 9.59 Å². The summed E-state index contributed by atoms with van der Waals surface area (Å²) in [6, 6.07) is 14.1. The molecule has 7 nitrogen and oxygen atoms in total. The Labute approximate surface area is 189 Å². The molecule has 0 radical (unpaired) electrons. The zero-order valence-corrected chi connectivity index (χ0v) is 18.8. The van der Waals surface area contributed by atoms with Gasteiger partial charge in [-0.05, 0) is 29.2 Å². The van der Waals surface area contributed by atoms with E-state index in [-0.39, 0.29) is 24.3 Å². The summed E-state index contributed by atoms with van der Waals surface area (Å²) >= 11 is 0. The average molecular weight is 440 g/mol. The van der Waals surface area contributed by atoms with E-state index in [1.807, 2.05) is 17.0 Å². The molecule has 172 valence electrons. The van der Waals surface area contributed by atoms with Gasteiger partial charge in [-0.1, -0.05) is 42.5 Å². The zero-order valence-electron chi connectivity index (χ0n) is 18.8. The molecule has 0 unspecified atom stereocenters. The number of benzene rings is 2. The quantitative estimate of drug-likeness (QED) is 0.639. The molecule has 0 saturated carbocycles. The lowest BCUT2D eigenvalue weighted by Gasteiger charge is -2.37. The molecule has 2 heterocycles. The molecule has 2 aliphatic heterocycles. The second kappa shape index (κ2) is 10.9. The van der Waals surface area contributed by atoms with Gasteiger partial charge in [-0.25, -0.2) is 0 Å². The number of ether oxygens (including phenoxy) is 2. The molecule has 4 rings (SSSR count). The minimum absolute atomic E-state index is 0.0466. The summed E-state index contributed by atoms with van der Waals surface area (Å²) in [6.07, 6.45) is 2.04. The van der Waals surface area contributed by atoms with Crippen LogP contribution in [0.1, 0.15) is 24.8 Å². The summed E-state index contributed by atoms with van der Waals surface area (Å²) in [4.78, 5) is 29.8. The van der Waals surface area contributed by atoms with Crippen LogP contribution in [0.2, 0.25) is 0 Å². The van der Waals surface area contributed by atoms with Crippen molar-refractivity contribution in [2.75, 3.05) is 46.5 Å². The lowest BCUT2D eigenvalue weighted by molar-refractivity contribution is -0.140. The van der Waals surface area contributed by atoms with E-state index in [1.54, 1.807) is 7.11 Å². The Balaban J connectivity index is 1.38. The molecule has 0 aromatic heterocycles. The normalized spacial score (nSPS) is 20.5. The zero-order chi connectivity index (χ0) is 22.3. The standard InChI is InChI=1S/C25H33N3O4/c1-31-15-16-32-21-9-12-27(13-10-21)24(29)17-23-25(30)26-11-14-28(23)18-20-7-4-6-19-5-2-3-8-22(19)20/h2-8,21,23H,9-18H2,1H3,(H,26,30)/t23-/m0/s1. The largest absolute Gasteiger partial charge is 0.382 e. The molecule has 2 saturated heterocycles. The lowest BCUT2D eigenvalue weighted by Crippen LogP contribution is -2.56. The molecule has 0 spiro atoms. The van der Waals surface area contributed by atoms with Gasteiger partial charge < -0.3 is 19.7 Å². The predicted octanol–water partition coefficient (Wildman–Crippen LogP) is 2.18. The monoisotopic (exact) mass is 439 g/mol. The first-order valence-corrected chi connectivity index (χ1v) is 11.5. The molecule has 1 atom stereocenters. The van der Waals surface area contributed by atoms with Gasteiger partial charge in [-0.15, -0.1) is 0 Å². The second-order valence-corrected chi connectivity index (χ2v) is 8.56. The Morgan fingerprint density at radius 2 is 1.84 bits per heavy atom. The van der Waals surface area contributed by atoms with Crippen LogP contribution in [0.3, 0.4) is 0 Å². The Morgan fingerprint density at radius 3 is 2.66 bits per heavy atom. The van der Waals surface area contributed by atoms with Crippen LogP contribution in [-0.2, 0) is 25.6 Å². The van der Waals surface area contributed by atoms with Crippen molar-refractivity contribution < 1.29 is 19.1 Å². The van der Waals surface area contributed by atoms with Gasteiger partial charge in [0.25, 0.3) is 0 Å². The summed E-state index contributed by atoms with van der Waals surface area (Å²) in [7, 11) is 1.66. The highest BCUT2D eigenvalue weighted by molar-refractivity contribution is 5.89. The summed E-state index contributed by atoms with van der Waals surface area (Å²) in [5, 5.41) is 5.33. The van der Waals surface area contributed by atoms with E-state index in [0.29, 0.717) is 39.4 Å². The number of methoxy groups -OCH3 is 1. The molecule has 2 aromatic carbocycles. The van der Waals surface area contributed by atoms with Crippen LogP contribution < -0.4 is 5.32 Å². The predicted molar refractivity (Wildman–Crippen MR) is 123 cm³/mol. The van der Waals surface area contributed by atoms with Crippen molar-refractivity contribution in [3.63, 3.8) is 0 Å². The molecule has 2 amide bonds. The van der Waals surface area contributed by atoms with Gasteiger partial charge in [0.1, 0.15) is 0 Å². The first-order chi connectivity index (χ1) is 15.7. The van der Waals surface area contributed by atoms with Crippen LogP contribution in [0.4, 0.5) is 0 Å². The fourth-order valence-electron chi connectivity index (χ4n) is 4.69. The summed E-state index contributed by atoms with van der Waals surface area (Å²) in [6.45, 7) is 4.52. The molecule has 1 N–H and O–H groups in total. The summed E-state index contributed by atoms with van der Waals surface area (Å²) < 4.78 is 10.8. The maximum absolute atomic E-state index is 13.0. The van der Waals surface area contributed by atoms with Crippen molar-refractivity contribution in [3.8, 4) is 0 Å². The minimum atomic E-state index is -0.439. The van der Waals surface area contributed by atoms with Gasteiger partial charge in [-0.3, -0.25) is 14.5 Å². The lowest BCUT2D eigenvalue weighted by atomic mass is 10.0. The van der Waals surface area contributed by atoms with E-state index < -0.39 is 6.04 Å². The van der Waals surface area contributed by atoms with Crippen LogP contribution in [-0.4, -0.2) is 80.3 Å². The Bertz CT molecular complexity index is 921. The van der Waals surface area contributed by atoms with Crippen LogP contribution in [0.25, 0.3) is 10.8 Å². The number of rotatable bonds is 8. The van der Waals surface area contributed by atoms with Crippen molar-refractivity contribution in [1.82, 2.24) is 15.1 Å². The first kappa shape index (κ1) is 22.7. The number of likely N-dealkylation sites (tertiary alicyclic amines) is 1. The van der Waals surface area contributed by atoms with Gasteiger partial charge in [-0.2, -0.15) is 0 Å². The number of piperazine rings is 1. The number of hydrogen-bond donors (Lipinski definition) is 1. The van der Waals surface area contributed by atoms with Crippen molar-refractivity contribution >= 4 is 22.6 Å². The molecule has 7 heteroatoms. The molecule has 2 aliphatic rings. The summed E-state index contributed by atoms with van der Waals surface area (Å²) in [5.41, 5.74) is 1.18. The third kappa shape index (κ3) is 5.46. The van der Waals surface area contributed by atoms with Crippen molar-refractivity contribution in [2.45, 2.75) is 38.0 Å². The van der Waals surface area contributed by atoms with Crippen molar-refractivity contribution in [2.24, 2.45) is 0 Å². The SMILES string of the molecule is COCCOC1CCN(C(=O)C[C@H]2C(=O)NCCN2Cc2cccc3ccccc23)CC1. The minimum Gasteiger partial charge on any atom is -0.382 e. The van der Waals surface area contributed by atoms with E-state index in [4.69, 9.17) is 9.47 Å². The molecular formula is C25H33N3O4. The molecule has 0 aliphatic carbocycles. The number of amides is 2. The highest BCUT2D eigenvalue weighted by atomic mass is 16.5. The number of carbonyl (C=O) groups is 2. The molecule has 2 aromatic rings. The van der Waals surface area contributed by atoms with E-state index in [2.05, 4.69) is 40.5 Å². The number of nitrogens with zero attached hydrogens (tertiary/aromatic N) is 2. The Morgan fingerprint density at radius 1 is 1.06 bits per heavy atom. The number of nitrogens with one attached hydrogen (secondary N) is 1. The van der Waals surface area contributed by atoms with Crippen LogP contribution in [0, 0.1) is 0 Å². The van der Waals surface area contributed by atoms with Gasteiger partial charge in [0, 0.05) is 39.8 Å². The number of carbonyl (C=O) groups excluding carboxylic acids is 2. The number of piperidine rings is 1. The average Bonchev–Trinajstić information content (AvgIpc) is 2.82. The third-order valence-corrected chi connectivity index (χ3v) is 6.50. The maximum atomic E-state index is 13.0. The van der Waals surface area contributed by atoms with Crippen molar-refractivity contribution in [1.29, 1.82) is 0 Å². The van der Waals surface area contributed by atoms with E-state index >= 15 is 0 Å². The van der Waals surface area contributed by atoms with Gasteiger partial charge in [0.05, 0.1) is 31.8 Å². The molecular weight excluding hydrogens is 406 g/mol. The second-order valence-electron chi connectivity index (χ2n) is 8.56. The van der Waals surface area contributed by atoms with Crippen LogP contribution in [0.5, 0.6) is 0 Å². The topological polar surface area (TPSA) is 71.1 Å². The smallest absolute Gasteiger partial charge is 0.237 e. The van der Waals surface area contributed by atoms with Crippen LogP contribution >= 0.6 is 0 Å². The fourth-order valence-corrected chi connectivity index (χ4v) is 4.69.